The number of benzene rings is 1. The minimum Gasteiger partial charge on any atom is -0.459 e. The highest BCUT2D eigenvalue weighted by atomic mass is 16.6. The van der Waals surface area contributed by atoms with Gasteiger partial charge in [0.2, 0.25) is 0 Å². The number of hydrogen-bond acceptors (Lipinski definition) is 7. The van der Waals surface area contributed by atoms with Gasteiger partial charge >= 0.3 is 11.9 Å². The van der Waals surface area contributed by atoms with E-state index < -0.39 is 11.9 Å². The topological polar surface area (TPSA) is 86.9 Å². The fourth-order valence-electron chi connectivity index (χ4n) is 1.86. The van der Waals surface area contributed by atoms with Crippen molar-refractivity contribution in [1.29, 1.82) is 0 Å². The lowest BCUT2D eigenvalue weighted by Crippen LogP contribution is -2.17. The van der Waals surface area contributed by atoms with E-state index >= 15 is 0 Å². The van der Waals surface area contributed by atoms with Gasteiger partial charge in [-0.15, -0.1) is 0 Å². The van der Waals surface area contributed by atoms with Crippen molar-refractivity contribution >= 4 is 11.9 Å². The van der Waals surface area contributed by atoms with Crippen LogP contribution in [-0.2, 0) is 23.7 Å². The third-order valence-electron chi connectivity index (χ3n) is 3.38. The molecular weight excluding hydrogens is 328 g/mol. The second-order valence-electron chi connectivity index (χ2n) is 5.43. The summed E-state index contributed by atoms with van der Waals surface area (Å²) in [4.78, 5) is 23.9. The van der Waals surface area contributed by atoms with E-state index in [0.717, 1.165) is 13.2 Å². The summed E-state index contributed by atoms with van der Waals surface area (Å²) in [7, 11) is 0. The molecule has 25 heavy (non-hydrogen) atoms. The number of ether oxygens (including phenoxy) is 5. The van der Waals surface area contributed by atoms with Crippen LogP contribution in [0.2, 0.25) is 0 Å². The van der Waals surface area contributed by atoms with Gasteiger partial charge in [-0.25, -0.2) is 9.59 Å². The summed E-state index contributed by atoms with van der Waals surface area (Å²) >= 11 is 0. The van der Waals surface area contributed by atoms with Gasteiger partial charge in [-0.05, 0) is 26.0 Å². The van der Waals surface area contributed by atoms with Crippen LogP contribution in [0.15, 0.2) is 24.3 Å². The third-order valence-corrected chi connectivity index (χ3v) is 3.38. The van der Waals surface area contributed by atoms with Crippen molar-refractivity contribution in [2.45, 2.75) is 26.1 Å². The minimum absolute atomic E-state index is 0.00919. The molecule has 0 saturated carbocycles. The Morgan fingerprint density at radius 3 is 1.60 bits per heavy atom. The normalized spacial score (nSPS) is 20.1. The molecule has 0 N–H and O–H groups in total. The van der Waals surface area contributed by atoms with Crippen molar-refractivity contribution in [1.82, 2.24) is 0 Å². The molecule has 2 aliphatic rings. The number of carbonyl (C=O) groups excluding carboxylic acids is 2. The summed E-state index contributed by atoms with van der Waals surface area (Å²) in [6.45, 7) is 7.30. The van der Waals surface area contributed by atoms with E-state index in [9.17, 15) is 9.59 Å². The molecule has 1 aromatic rings. The molecular formula is C18H24O7. The molecule has 0 aliphatic carbocycles. The SMILES string of the molecule is CCOCC.O=C(OCC1CO1)c1ccccc1C(=O)OCC1CO1. The zero-order chi connectivity index (χ0) is 18.1. The Morgan fingerprint density at radius 2 is 1.32 bits per heavy atom. The van der Waals surface area contributed by atoms with E-state index in [2.05, 4.69) is 0 Å². The molecule has 138 valence electrons. The molecule has 2 saturated heterocycles. The largest absolute Gasteiger partial charge is 0.459 e. The Morgan fingerprint density at radius 1 is 0.920 bits per heavy atom. The monoisotopic (exact) mass is 352 g/mol. The van der Waals surface area contributed by atoms with Gasteiger partial charge in [-0.1, -0.05) is 12.1 Å². The molecule has 0 spiro atoms. The zero-order valence-electron chi connectivity index (χ0n) is 14.6. The second-order valence-corrected chi connectivity index (χ2v) is 5.43. The first-order valence-corrected chi connectivity index (χ1v) is 8.39. The molecule has 2 unspecified atom stereocenters. The van der Waals surface area contributed by atoms with Crippen LogP contribution in [0.5, 0.6) is 0 Å². The van der Waals surface area contributed by atoms with Gasteiger partial charge in [0.25, 0.3) is 0 Å². The van der Waals surface area contributed by atoms with E-state index in [0.29, 0.717) is 13.2 Å². The van der Waals surface area contributed by atoms with Crippen LogP contribution in [0.1, 0.15) is 34.6 Å². The van der Waals surface area contributed by atoms with Crippen LogP contribution in [0.25, 0.3) is 0 Å². The molecule has 7 heteroatoms. The van der Waals surface area contributed by atoms with Crippen LogP contribution in [0.3, 0.4) is 0 Å². The summed E-state index contributed by atoms with van der Waals surface area (Å²) in [5.41, 5.74) is 0.407. The number of esters is 2. The predicted molar refractivity (Wildman–Crippen MR) is 88.7 cm³/mol. The van der Waals surface area contributed by atoms with Gasteiger partial charge < -0.3 is 23.7 Å². The van der Waals surface area contributed by atoms with Gasteiger partial charge in [-0.2, -0.15) is 0 Å². The van der Waals surface area contributed by atoms with Crippen molar-refractivity contribution < 1.29 is 33.3 Å². The Bertz CT molecular complexity index is 515. The summed E-state index contributed by atoms with van der Waals surface area (Å²) in [5.74, 6) is -1.09. The van der Waals surface area contributed by atoms with Gasteiger partial charge in [0.1, 0.15) is 25.4 Å². The molecule has 0 amide bonds. The molecule has 3 rings (SSSR count). The van der Waals surface area contributed by atoms with Crippen molar-refractivity contribution in [3.63, 3.8) is 0 Å². The average Bonchev–Trinajstić information content (AvgIpc) is 3.53. The quantitative estimate of drug-likeness (QED) is 0.521. The van der Waals surface area contributed by atoms with Crippen LogP contribution in [0.4, 0.5) is 0 Å². The molecule has 1 aromatic carbocycles. The minimum atomic E-state index is -0.546. The maximum Gasteiger partial charge on any atom is 0.339 e. The van der Waals surface area contributed by atoms with Crippen molar-refractivity contribution in [2.24, 2.45) is 0 Å². The summed E-state index contributed by atoms with van der Waals surface area (Å²) < 4.78 is 24.9. The van der Waals surface area contributed by atoms with E-state index in [1.807, 2.05) is 13.8 Å². The van der Waals surface area contributed by atoms with E-state index in [4.69, 9.17) is 23.7 Å². The van der Waals surface area contributed by atoms with Crippen LogP contribution in [-0.4, -0.2) is 63.8 Å². The highest BCUT2D eigenvalue weighted by Crippen LogP contribution is 2.16. The van der Waals surface area contributed by atoms with E-state index in [-0.39, 0.29) is 36.5 Å². The van der Waals surface area contributed by atoms with E-state index in [1.54, 1.807) is 24.3 Å². The summed E-state index contributed by atoms with van der Waals surface area (Å²) in [6.07, 6.45) is -0.0184. The molecule has 2 heterocycles. The Hall–Kier alpha value is -1.96. The molecule has 0 bridgehead atoms. The summed E-state index contributed by atoms with van der Waals surface area (Å²) in [5, 5.41) is 0. The maximum absolute atomic E-state index is 11.9. The first-order chi connectivity index (χ1) is 12.2. The predicted octanol–water partition coefficient (Wildman–Crippen LogP) is 1.84. The Kier molecular flexibility index (Phi) is 7.84. The lowest BCUT2D eigenvalue weighted by Gasteiger charge is -2.08. The van der Waals surface area contributed by atoms with Crippen molar-refractivity contribution in [2.75, 3.05) is 39.6 Å². The number of rotatable bonds is 8. The summed E-state index contributed by atoms with van der Waals surface area (Å²) in [6, 6.07) is 6.43. The third kappa shape index (κ3) is 7.21. The van der Waals surface area contributed by atoms with Gasteiger partial charge in [-0.3, -0.25) is 0 Å². The zero-order valence-corrected chi connectivity index (χ0v) is 14.6. The molecule has 2 fully saturated rings. The number of carbonyl (C=O) groups is 2. The average molecular weight is 352 g/mol. The molecule has 2 aliphatic heterocycles. The second kappa shape index (κ2) is 10.1. The Labute approximate surface area is 147 Å². The van der Waals surface area contributed by atoms with Crippen LogP contribution >= 0.6 is 0 Å². The van der Waals surface area contributed by atoms with Crippen molar-refractivity contribution in [3.8, 4) is 0 Å². The molecule has 7 nitrogen and oxygen atoms in total. The Balaban J connectivity index is 0.000000399. The van der Waals surface area contributed by atoms with Crippen molar-refractivity contribution in [3.05, 3.63) is 35.4 Å². The van der Waals surface area contributed by atoms with Crippen LogP contribution in [0, 0.1) is 0 Å². The first-order valence-electron chi connectivity index (χ1n) is 8.39. The molecule has 2 atom stereocenters. The lowest BCUT2D eigenvalue weighted by atomic mass is 10.1. The smallest absolute Gasteiger partial charge is 0.339 e. The lowest BCUT2D eigenvalue weighted by molar-refractivity contribution is 0.0430. The fourth-order valence-corrected chi connectivity index (χ4v) is 1.86. The standard InChI is InChI=1S/C14H14O6.C4H10O/c15-13(19-7-9-5-17-9)11-3-1-2-4-12(11)14(16)20-8-10-6-18-10;1-3-5-4-2/h1-4,9-10H,5-8H2;3-4H2,1-2H3. The van der Waals surface area contributed by atoms with Gasteiger partial charge in [0.15, 0.2) is 0 Å². The molecule has 0 radical (unpaired) electrons. The fraction of sp³-hybridized carbons (Fsp3) is 0.556. The van der Waals surface area contributed by atoms with Gasteiger partial charge in [0.05, 0.1) is 24.3 Å². The number of hydrogen-bond donors (Lipinski definition) is 0. The first kappa shape index (κ1) is 19.4. The molecule has 0 aromatic heterocycles. The highest BCUT2D eigenvalue weighted by molar-refractivity contribution is 6.03. The van der Waals surface area contributed by atoms with Crippen LogP contribution < -0.4 is 0 Å². The maximum atomic E-state index is 11.9. The number of epoxide rings is 2. The van der Waals surface area contributed by atoms with Gasteiger partial charge in [0, 0.05) is 13.2 Å². The highest BCUT2D eigenvalue weighted by Gasteiger charge is 2.27. The van der Waals surface area contributed by atoms with E-state index in [1.165, 1.54) is 0 Å².